The minimum Gasteiger partial charge on any atom is -0.342 e. The third kappa shape index (κ3) is 1.95. The van der Waals surface area contributed by atoms with Crippen LogP contribution in [0, 0.1) is 6.92 Å². The molecule has 3 rings (SSSR count). The van der Waals surface area contributed by atoms with Gasteiger partial charge in [0, 0.05) is 17.3 Å². The van der Waals surface area contributed by atoms with Gasteiger partial charge in [0.05, 0.1) is 17.1 Å². The van der Waals surface area contributed by atoms with Crippen LogP contribution in [0.1, 0.15) is 22.4 Å². The molecular formula is C15H16N2S. The summed E-state index contributed by atoms with van der Waals surface area (Å²) in [5.41, 5.74) is 2.78. The Morgan fingerprint density at radius 3 is 2.89 bits per heavy atom. The van der Waals surface area contributed by atoms with E-state index in [0.29, 0.717) is 0 Å². The van der Waals surface area contributed by atoms with Gasteiger partial charge in [-0.05, 0) is 30.4 Å². The van der Waals surface area contributed by atoms with Gasteiger partial charge in [0.1, 0.15) is 0 Å². The van der Waals surface area contributed by atoms with Crippen LogP contribution in [0.2, 0.25) is 0 Å². The van der Waals surface area contributed by atoms with E-state index in [1.165, 1.54) is 21.3 Å². The number of hydrogen-bond acceptors (Lipinski definition) is 2. The third-order valence-electron chi connectivity index (χ3n) is 3.25. The summed E-state index contributed by atoms with van der Waals surface area (Å²) in [7, 11) is 0. The van der Waals surface area contributed by atoms with Crippen molar-refractivity contribution in [2.75, 3.05) is 0 Å². The number of nitrogens with zero attached hydrogens (tertiary/aromatic N) is 2. The Kier molecular flexibility index (Phi) is 2.92. The molecule has 2 heterocycles. The van der Waals surface area contributed by atoms with Crippen LogP contribution in [-0.4, -0.2) is 9.55 Å². The van der Waals surface area contributed by atoms with Crippen molar-refractivity contribution in [3.63, 3.8) is 0 Å². The SMILES string of the molecule is CCc1cccc2ccn(Cc3cnc(C)s3)c12. The van der Waals surface area contributed by atoms with Crippen LogP contribution in [-0.2, 0) is 13.0 Å². The van der Waals surface area contributed by atoms with E-state index in [0.717, 1.165) is 18.0 Å². The maximum absolute atomic E-state index is 4.32. The molecule has 0 spiro atoms. The molecule has 0 amide bonds. The van der Waals surface area contributed by atoms with Gasteiger partial charge < -0.3 is 4.57 Å². The average molecular weight is 256 g/mol. The van der Waals surface area contributed by atoms with E-state index in [1.54, 1.807) is 11.3 Å². The molecule has 0 unspecified atom stereocenters. The lowest BCUT2D eigenvalue weighted by Gasteiger charge is -2.07. The lowest BCUT2D eigenvalue weighted by atomic mass is 10.1. The van der Waals surface area contributed by atoms with Gasteiger partial charge in [-0.1, -0.05) is 25.1 Å². The van der Waals surface area contributed by atoms with E-state index in [9.17, 15) is 0 Å². The molecule has 2 nitrogen and oxygen atoms in total. The Labute approximate surface area is 111 Å². The lowest BCUT2D eigenvalue weighted by molar-refractivity contribution is 0.843. The number of aromatic nitrogens is 2. The van der Waals surface area contributed by atoms with Crippen molar-refractivity contribution in [2.24, 2.45) is 0 Å². The fourth-order valence-electron chi connectivity index (χ4n) is 2.40. The van der Waals surface area contributed by atoms with Crippen molar-refractivity contribution in [2.45, 2.75) is 26.8 Å². The molecule has 0 saturated carbocycles. The number of thiazole rings is 1. The monoisotopic (exact) mass is 256 g/mol. The van der Waals surface area contributed by atoms with Gasteiger partial charge in [0.25, 0.3) is 0 Å². The Morgan fingerprint density at radius 2 is 2.17 bits per heavy atom. The first kappa shape index (κ1) is 11.5. The summed E-state index contributed by atoms with van der Waals surface area (Å²) in [5, 5.41) is 2.47. The molecule has 0 saturated heterocycles. The maximum Gasteiger partial charge on any atom is 0.0897 e. The Balaban J connectivity index is 2.06. The summed E-state index contributed by atoms with van der Waals surface area (Å²) in [5.74, 6) is 0. The van der Waals surface area contributed by atoms with Crippen LogP contribution in [0.5, 0.6) is 0 Å². The standard InChI is InChI=1S/C15H16N2S/c1-3-12-5-4-6-13-7-8-17(15(12)13)10-14-9-16-11(2)18-14/h4-9H,3,10H2,1-2H3. The van der Waals surface area contributed by atoms with Crippen molar-refractivity contribution in [1.82, 2.24) is 9.55 Å². The quantitative estimate of drug-likeness (QED) is 0.692. The van der Waals surface area contributed by atoms with Crippen LogP contribution in [0.15, 0.2) is 36.7 Å². The second-order valence-electron chi connectivity index (χ2n) is 4.50. The fraction of sp³-hybridized carbons (Fsp3) is 0.267. The molecule has 3 aromatic rings. The fourth-order valence-corrected chi connectivity index (χ4v) is 3.20. The van der Waals surface area contributed by atoms with Crippen LogP contribution in [0.3, 0.4) is 0 Å². The van der Waals surface area contributed by atoms with E-state index in [2.05, 4.69) is 53.9 Å². The van der Waals surface area contributed by atoms with E-state index in [-0.39, 0.29) is 0 Å². The largest absolute Gasteiger partial charge is 0.342 e. The molecular weight excluding hydrogens is 240 g/mol. The van der Waals surface area contributed by atoms with Crippen LogP contribution >= 0.6 is 11.3 Å². The normalized spacial score (nSPS) is 11.2. The highest BCUT2D eigenvalue weighted by atomic mass is 32.1. The zero-order valence-electron chi connectivity index (χ0n) is 10.7. The number of benzene rings is 1. The van der Waals surface area contributed by atoms with Crippen molar-refractivity contribution in [1.29, 1.82) is 0 Å². The molecule has 0 N–H and O–H groups in total. The highest BCUT2D eigenvalue weighted by Crippen LogP contribution is 2.23. The predicted molar refractivity (Wildman–Crippen MR) is 77.3 cm³/mol. The molecule has 1 aromatic carbocycles. The van der Waals surface area contributed by atoms with Gasteiger partial charge in [0.2, 0.25) is 0 Å². The summed E-state index contributed by atoms with van der Waals surface area (Å²) in [6.45, 7) is 5.19. The molecule has 0 fully saturated rings. The van der Waals surface area contributed by atoms with Gasteiger partial charge in [-0.2, -0.15) is 0 Å². The third-order valence-corrected chi connectivity index (χ3v) is 4.15. The van der Waals surface area contributed by atoms with E-state index in [4.69, 9.17) is 0 Å². The molecule has 0 aliphatic heterocycles. The Bertz CT molecular complexity index is 679. The van der Waals surface area contributed by atoms with Gasteiger partial charge in [-0.15, -0.1) is 11.3 Å². The molecule has 0 aliphatic carbocycles. The van der Waals surface area contributed by atoms with Crippen molar-refractivity contribution >= 4 is 22.2 Å². The summed E-state index contributed by atoms with van der Waals surface area (Å²) in [6, 6.07) is 8.74. The highest BCUT2D eigenvalue weighted by Gasteiger charge is 2.07. The molecule has 92 valence electrons. The number of fused-ring (bicyclic) bond motifs is 1. The van der Waals surface area contributed by atoms with E-state index in [1.807, 2.05) is 6.20 Å². The first-order chi connectivity index (χ1) is 8.78. The second kappa shape index (κ2) is 4.58. The molecule has 0 atom stereocenters. The predicted octanol–water partition coefficient (Wildman–Crippen LogP) is 4.02. The summed E-state index contributed by atoms with van der Waals surface area (Å²) < 4.78 is 2.33. The highest BCUT2D eigenvalue weighted by molar-refractivity contribution is 7.11. The van der Waals surface area contributed by atoms with E-state index >= 15 is 0 Å². The van der Waals surface area contributed by atoms with E-state index < -0.39 is 0 Å². The zero-order chi connectivity index (χ0) is 12.5. The van der Waals surface area contributed by atoms with Crippen molar-refractivity contribution in [3.8, 4) is 0 Å². The van der Waals surface area contributed by atoms with Gasteiger partial charge >= 0.3 is 0 Å². The molecule has 3 heteroatoms. The smallest absolute Gasteiger partial charge is 0.0897 e. The number of aryl methyl sites for hydroxylation is 2. The van der Waals surface area contributed by atoms with Crippen molar-refractivity contribution < 1.29 is 0 Å². The van der Waals surface area contributed by atoms with Gasteiger partial charge in [-0.25, -0.2) is 4.98 Å². The van der Waals surface area contributed by atoms with Crippen LogP contribution in [0.25, 0.3) is 10.9 Å². The first-order valence-corrected chi connectivity index (χ1v) is 7.07. The second-order valence-corrected chi connectivity index (χ2v) is 5.82. The summed E-state index contributed by atoms with van der Waals surface area (Å²) >= 11 is 1.78. The Hall–Kier alpha value is -1.61. The molecule has 2 aromatic heterocycles. The maximum atomic E-state index is 4.32. The Morgan fingerprint density at radius 1 is 1.28 bits per heavy atom. The minimum atomic E-state index is 0.923. The van der Waals surface area contributed by atoms with Crippen molar-refractivity contribution in [3.05, 3.63) is 52.1 Å². The molecule has 18 heavy (non-hydrogen) atoms. The number of hydrogen-bond donors (Lipinski definition) is 0. The topological polar surface area (TPSA) is 17.8 Å². The number of rotatable bonds is 3. The average Bonchev–Trinajstić information content (AvgIpc) is 2.97. The summed E-state index contributed by atoms with van der Waals surface area (Å²) in [6.07, 6.45) is 5.24. The minimum absolute atomic E-state index is 0.923. The lowest BCUT2D eigenvalue weighted by Crippen LogP contribution is -1.98. The molecule has 0 radical (unpaired) electrons. The van der Waals surface area contributed by atoms with Gasteiger partial charge in [0.15, 0.2) is 0 Å². The summed E-state index contributed by atoms with van der Waals surface area (Å²) in [4.78, 5) is 5.64. The zero-order valence-corrected chi connectivity index (χ0v) is 11.5. The molecule has 0 bridgehead atoms. The van der Waals surface area contributed by atoms with Crippen LogP contribution < -0.4 is 0 Å². The first-order valence-electron chi connectivity index (χ1n) is 6.26. The molecule has 0 aliphatic rings. The van der Waals surface area contributed by atoms with Gasteiger partial charge in [-0.3, -0.25) is 0 Å². The number of para-hydroxylation sites is 1. The van der Waals surface area contributed by atoms with Crippen LogP contribution in [0.4, 0.5) is 0 Å².